The van der Waals surface area contributed by atoms with E-state index >= 15 is 0 Å². The predicted molar refractivity (Wildman–Crippen MR) is 114 cm³/mol. The Morgan fingerprint density at radius 2 is 1.72 bits per heavy atom. The summed E-state index contributed by atoms with van der Waals surface area (Å²) < 4.78 is 5.75. The fraction of sp³-hybridized carbons (Fsp3) is 0.174. The van der Waals surface area contributed by atoms with Crippen LogP contribution in [0.5, 0.6) is 5.75 Å². The summed E-state index contributed by atoms with van der Waals surface area (Å²) in [6, 6.07) is 22.4. The second-order valence-corrected chi connectivity index (χ2v) is 6.84. The fourth-order valence-electron chi connectivity index (χ4n) is 2.87. The van der Waals surface area contributed by atoms with Crippen molar-refractivity contribution < 1.29 is 9.53 Å². The van der Waals surface area contributed by atoms with Crippen molar-refractivity contribution in [2.24, 2.45) is 0 Å². The van der Waals surface area contributed by atoms with E-state index in [2.05, 4.69) is 22.4 Å². The number of aromatic nitrogens is 3. The van der Waals surface area contributed by atoms with Crippen LogP contribution in [0.3, 0.4) is 0 Å². The van der Waals surface area contributed by atoms with E-state index in [1.54, 1.807) is 16.9 Å². The molecule has 146 valence electrons. The maximum absolute atomic E-state index is 12.6. The molecule has 1 amide bonds. The molecule has 0 aliphatic heterocycles. The van der Waals surface area contributed by atoms with E-state index in [4.69, 9.17) is 4.74 Å². The normalized spacial score (nSPS) is 11.9. The topological polar surface area (TPSA) is 69.0 Å². The van der Waals surface area contributed by atoms with Crippen LogP contribution in [-0.2, 0) is 0 Å². The number of anilines is 1. The average molecular weight is 386 g/mol. The Bertz CT molecular complexity index is 1120. The van der Waals surface area contributed by atoms with E-state index in [9.17, 15) is 4.79 Å². The molecule has 29 heavy (non-hydrogen) atoms. The third-order valence-electron chi connectivity index (χ3n) is 4.65. The zero-order valence-electron chi connectivity index (χ0n) is 16.4. The highest BCUT2D eigenvalue weighted by molar-refractivity contribution is 6.05. The largest absolute Gasteiger partial charge is 0.491 e. The zero-order valence-corrected chi connectivity index (χ0v) is 16.4. The Morgan fingerprint density at radius 3 is 2.45 bits per heavy atom. The molecule has 6 nitrogen and oxygen atoms in total. The SMILES string of the molecule is CC[C@@H](C)Oc1ccc(C(=O)Nc2ccc3nn(-c4ccccc4)nc3c2)cc1. The zero-order chi connectivity index (χ0) is 20.2. The molecule has 1 heterocycles. The molecule has 0 bridgehead atoms. The van der Waals surface area contributed by atoms with Gasteiger partial charge in [-0.05, 0) is 67.9 Å². The lowest BCUT2D eigenvalue weighted by molar-refractivity contribution is 0.102. The maximum atomic E-state index is 12.6. The van der Waals surface area contributed by atoms with Gasteiger partial charge >= 0.3 is 0 Å². The molecular weight excluding hydrogens is 364 g/mol. The molecule has 1 N–H and O–H groups in total. The van der Waals surface area contributed by atoms with Gasteiger partial charge in [0.2, 0.25) is 0 Å². The smallest absolute Gasteiger partial charge is 0.255 e. The molecule has 0 unspecified atom stereocenters. The van der Waals surface area contributed by atoms with Crippen molar-refractivity contribution in [3.8, 4) is 11.4 Å². The van der Waals surface area contributed by atoms with Crippen molar-refractivity contribution in [2.45, 2.75) is 26.4 Å². The number of nitrogens with zero attached hydrogens (tertiary/aromatic N) is 3. The summed E-state index contributed by atoms with van der Waals surface area (Å²) in [5.41, 5.74) is 3.59. The third kappa shape index (κ3) is 4.27. The molecule has 0 saturated carbocycles. The summed E-state index contributed by atoms with van der Waals surface area (Å²) in [7, 11) is 0. The molecule has 1 aromatic heterocycles. The van der Waals surface area contributed by atoms with Gasteiger partial charge in [0.25, 0.3) is 5.91 Å². The number of hydrogen-bond donors (Lipinski definition) is 1. The van der Waals surface area contributed by atoms with Crippen molar-refractivity contribution in [1.82, 2.24) is 15.0 Å². The first-order chi connectivity index (χ1) is 14.1. The molecule has 4 aromatic rings. The highest BCUT2D eigenvalue weighted by Gasteiger charge is 2.10. The van der Waals surface area contributed by atoms with E-state index in [0.29, 0.717) is 16.8 Å². The molecule has 0 fully saturated rings. The minimum atomic E-state index is -0.185. The van der Waals surface area contributed by atoms with Crippen molar-refractivity contribution in [3.63, 3.8) is 0 Å². The monoisotopic (exact) mass is 386 g/mol. The Hall–Kier alpha value is -3.67. The van der Waals surface area contributed by atoms with Crippen molar-refractivity contribution in [1.29, 1.82) is 0 Å². The second-order valence-electron chi connectivity index (χ2n) is 6.84. The summed E-state index contributed by atoms with van der Waals surface area (Å²) >= 11 is 0. The Morgan fingerprint density at radius 1 is 1.00 bits per heavy atom. The summed E-state index contributed by atoms with van der Waals surface area (Å²) in [6.45, 7) is 4.09. The van der Waals surface area contributed by atoms with Gasteiger partial charge in [-0.3, -0.25) is 4.79 Å². The predicted octanol–water partition coefficient (Wildman–Crippen LogP) is 4.85. The number of rotatable bonds is 6. The number of ether oxygens (including phenoxy) is 1. The van der Waals surface area contributed by atoms with Crippen LogP contribution in [0.1, 0.15) is 30.6 Å². The van der Waals surface area contributed by atoms with Crippen LogP contribution in [0.25, 0.3) is 16.7 Å². The maximum Gasteiger partial charge on any atom is 0.255 e. The van der Waals surface area contributed by atoms with Crippen LogP contribution in [-0.4, -0.2) is 27.0 Å². The van der Waals surface area contributed by atoms with Gasteiger partial charge in [0.05, 0.1) is 11.8 Å². The fourth-order valence-corrected chi connectivity index (χ4v) is 2.87. The van der Waals surface area contributed by atoms with Gasteiger partial charge in [0, 0.05) is 11.3 Å². The highest BCUT2D eigenvalue weighted by atomic mass is 16.5. The van der Waals surface area contributed by atoms with Crippen LogP contribution in [0.2, 0.25) is 0 Å². The lowest BCUT2D eigenvalue weighted by Gasteiger charge is -2.12. The standard InChI is InChI=1S/C23H22N4O2/c1-3-16(2)29-20-12-9-17(10-13-20)23(28)24-18-11-14-21-22(15-18)26-27(25-21)19-7-5-4-6-8-19/h4-16H,3H2,1-2H3,(H,24,28)/t16-/m1/s1. The van der Waals surface area contributed by atoms with Gasteiger partial charge in [0.15, 0.2) is 0 Å². The van der Waals surface area contributed by atoms with Gasteiger partial charge < -0.3 is 10.1 Å². The number of hydrogen-bond acceptors (Lipinski definition) is 4. The Kier molecular flexibility index (Phi) is 5.24. The van der Waals surface area contributed by atoms with Gasteiger partial charge in [-0.25, -0.2) is 0 Å². The van der Waals surface area contributed by atoms with E-state index < -0.39 is 0 Å². The number of carbonyl (C=O) groups excluding carboxylic acids is 1. The van der Waals surface area contributed by atoms with Crippen molar-refractivity contribution >= 4 is 22.6 Å². The summed E-state index contributed by atoms with van der Waals surface area (Å²) in [5, 5.41) is 11.9. The van der Waals surface area contributed by atoms with Crippen molar-refractivity contribution in [2.75, 3.05) is 5.32 Å². The van der Waals surface area contributed by atoms with E-state index in [1.165, 1.54) is 0 Å². The number of para-hydroxylation sites is 1. The number of carbonyl (C=O) groups is 1. The Labute approximate surface area is 169 Å². The number of amides is 1. The number of benzene rings is 3. The summed E-state index contributed by atoms with van der Waals surface area (Å²) in [6.07, 6.45) is 1.07. The first-order valence-electron chi connectivity index (χ1n) is 9.63. The van der Waals surface area contributed by atoms with Crippen LogP contribution < -0.4 is 10.1 Å². The molecule has 0 aliphatic carbocycles. The molecule has 0 radical (unpaired) electrons. The first kappa shape index (κ1) is 18.7. The molecule has 0 aliphatic rings. The van der Waals surface area contributed by atoms with Crippen LogP contribution in [0, 0.1) is 0 Å². The average Bonchev–Trinajstić information content (AvgIpc) is 3.18. The lowest BCUT2D eigenvalue weighted by atomic mass is 10.2. The van der Waals surface area contributed by atoms with Gasteiger partial charge in [-0.2, -0.15) is 4.80 Å². The molecule has 1 atom stereocenters. The summed E-state index contributed by atoms with van der Waals surface area (Å²) in [4.78, 5) is 14.2. The molecular formula is C23H22N4O2. The second kappa shape index (κ2) is 8.14. The molecule has 3 aromatic carbocycles. The quantitative estimate of drug-likeness (QED) is 0.514. The van der Waals surface area contributed by atoms with E-state index in [1.807, 2.05) is 67.6 Å². The highest BCUT2D eigenvalue weighted by Crippen LogP contribution is 2.19. The van der Waals surface area contributed by atoms with Gasteiger partial charge in [-0.15, -0.1) is 10.2 Å². The molecule has 6 heteroatoms. The minimum Gasteiger partial charge on any atom is -0.491 e. The number of fused-ring (bicyclic) bond motifs is 1. The van der Waals surface area contributed by atoms with Crippen LogP contribution in [0.4, 0.5) is 5.69 Å². The summed E-state index contributed by atoms with van der Waals surface area (Å²) in [5.74, 6) is 0.574. The van der Waals surface area contributed by atoms with Gasteiger partial charge in [0.1, 0.15) is 16.8 Å². The van der Waals surface area contributed by atoms with Crippen molar-refractivity contribution in [3.05, 3.63) is 78.4 Å². The molecule has 4 rings (SSSR count). The third-order valence-corrected chi connectivity index (χ3v) is 4.65. The lowest BCUT2D eigenvalue weighted by Crippen LogP contribution is -2.12. The van der Waals surface area contributed by atoms with Crippen LogP contribution in [0.15, 0.2) is 72.8 Å². The van der Waals surface area contributed by atoms with Gasteiger partial charge in [-0.1, -0.05) is 25.1 Å². The Balaban J connectivity index is 1.49. The molecule has 0 spiro atoms. The molecule has 0 saturated heterocycles. The first-order valence-corrected chi connectivity index (χ1v) is 9.63. The van der Waals surface area contributed by atoms with E-state index in [0.717, 1.165) is 23.4 Å². The number of nitrogens with one attached hydrogen (secondary N) is 1. The van der Waals surface area contributed by atoms with E-state index in [-0.39, 0.29) is 12.0 Å². The minimum absolute atomic E-state index is 0.144. The van der Waals surface area contributed by atoms with Crippen LogP contribution >= 0.6 is 0 Å².